The summed E-state index contributed by atoms with van der Waals surface area (Å²) in [6.45, 7) is 2.42. The van der Waals surface area contributed by atoms with Gasteiger partial charge in [0.15, 0.2) is 0 Å². The van der Waals surface area contributed by atoms with Gasteiger partial charge in [-0.05, 0) is 11.6 Å². The molecule has 1 amide bonds. The maximum Gasteiger partial charge on any atom is 0.354 e. The summed E-state index contributed by atoms with van der Waals surface area (Å²) < 4.78 is 0. The number of hydrogen-bond donors (Lipinski definition) is 1. The number of carbonyl (C=O) groups excluding carboxylic acids is 1. The highest BCUT2D eigenvalue weighted by Crippen LogP contribution is 2.21. The molecule has 0 atom stereocenters. The summed E-state index contributed by atoms with van der Waals surface area (Å²) in [5.41, 5.74) is 1.64. The topological polar surface area (TPSA) is 70.5 Å². The van der Waals surface area contributed by atoms with Gasteiger partial charge in [0.2, 0.25) is 5.91 Å². The predicted octanol–water partition coefficient (Wildman–Crippen LogP) is 0.642. The first-order valence-corrected chi connectivity index (χ1v) is 4.55. The van der Waals surface area contributed by atoms with E-state index in [2.05, 4.69) is 4.98 Å². The van der Waals surface area contributed by atoms with Crippen molar-refractivity contribution in [2.24, 2.45) is 0 Å². The van der Waals surface area contributed by atoms with Crippen molar-refractivity contribution in [1.82, 2.24) is 9.88 Å². The second-order valence-electron chi connectivity index (χ2n) is 3.48. The van der Waals surface area contributed by atoms with Crippen LogP contribution in [0.2, 0.25) is 0 Å². The average Bonchev–Trinajstić information content (AvgIpc) is 2.59. The van der Waals surface area contributed by atoms with Crippen molar-refractivity contribution in [3.05, 3.63) is 29.1 Å². The van der Waals surface area contributed by atoms with Crippen LogP contribution in [-0.2, 0) is 17.9 Å². The molecule has 1 aliphatic rings. The lowest BCUT2D eigenvalue weighted by molar-refractivity contribution is -0.129. The van der Waals surface area contributed by atoms with Crippen molar-refractivity contribution in [3.8, 4) is 0 Å². The van der Waals surface area contributed by atoms with Crippen LogP contribution < -0.4 is 0 Å². The third-order valence-electron chi connectivity index (χ3n) is 2.43. The Kier molecular flexibility index (Phi) is 2.15. The van der Waals surface area contributed by atoms with E-state index in [-0.39, 0.29) is 11.6 Å². The maximum atomic E-state index is 11.1. The largest absolute Gasteiger partial charge is 0.477 e. The molecule has 5 nitrogen and oxygen atoms in total. The minimum Gasteiger partial charge on any atom is -0.477 e. The number of nitrogens with zero attached hydrogens (tertiary/aromatic N) is 2. The zero-order valence-electron chi connectivity index (χ0n) is 8.23. The van der Waals surface area contributed by atoms with E-state index in [0.717, 1.165) is 5.56 Å². The fraction of sp³-hybridized carbons (Fsp3) is 0.300. The molecule has 15 heavy (non-hydrogen) atoms. The third-order valence-corrected chi connectivity index (χ3v) is 2.43. The Hall–Kier alpha value is -1.91. The van der Waals surface area contributed by atoms with Crippen LogP contribution in [0.15, 0.2) is 12.1 Å². The summed E-state index contributed by atoms with van der Waals surface area (Å²) in [6.07, 6.45) is 0. The average molecular weight is 206 g/mol. The summed E-state index contributed by atoms with van der Waals surface area (Å²) in [5, 5.41) is 8.75. The Balaban J connectivity index is 2.31. The van der Waals surface area contributed by atoms with Crippen molar-refractivity contribution in [2.45, 2.75) is 20.0 Å². The molecule has 0 unspecified atom stereocenters. The maximum absolute atomic E-state index is 11.1. The van der Waals surface area contributed by atoms with Crippen LogP contribution in [0.1, 0.15) is 28.7 Å². The number of amides is 1. The van der Waals surface area contributed by atoms with E-state index in [1.54, 1.807) is 11.0 Å². The number of aromatic carboxylic acids is 1. The molecule has 0 aliphatic carbocycles. The molecule has 0 aromatic carbocycles. The first kappa shape index (κ1) is 9.64. The van der Waals surface area contributed by atoms with Gasteiger partial charge in [-0.1, -0.05) is 6.07 Å². The van der Waals surface area contributed by atoms with Gasteiger partial charge < -0.3 is 10.0 Å². The number of aromatic nitrogens is 1. The minimum atomic E-state index is -1.04. The monoisotopic (exact) mass is 206 g/mol. The zero-order chi connectivity index (χ0) is 11.0. The number of carboxylic acids is 1. The lowest BCUT2D eigenvalue weighted by Crippen LogP contribution is -2.21. The molecule has 0 radical (unpaired) electrons. The molecular formula is C10H10N2O3. The number of carbonyl (C=O) groups is 2. The van der Waals surface area contributed by atoms with Gasteiger partial charge in [-0.25, -0.2) is 9.78 Å². The van der Waals surface area contributed by atoms with Crippen LogP contribution in [0.25, 0.3) is 0 Å². The molecule has 5 heteroatoms. The van der Waals surface area contributed by atoms with Gasteiger partial charge in [-0.15, -0.1) is 0 Å². The number of pyridine rings is 1. The van der Waals surface area contributed by atoms with Crippen molar-refractivity contribution < 1.29 is 14.7 Å². The molecule has 0 saturated carbocycles. The van der Waals surface area contributed by atoms with Crippen molar-refractivity contribution in [1.29, 1.82) is 0 Å². The van der Waals surface area contributed by atoms with E-state index < -0.39 is 5.97 Å². The fourth-order valence-electron chi connectivity index (χ4n) is 1.60. The Morgan fingerprint density at radius 2 is 2.13 bits per heavy atom. The first-order chi connectivity index (χ1) is 7.08. The van der Waals surface area contributed by atoms with Gasteiger partial charge in [0.25, 0.3) is 0 Å². The van der Waals surface area contributed by atoms with Crippen LogP contribution in [0.4, 0.5) is 0 Å². The van der Waals surface area contributed by atoms with Crippen molar-refractivity contribution in [3.63, 3.8) is 0 Å². The van der Waals surface area contributed by atoms with Gasteiger partial charge in [-0.3, -0.25) is 4.79 Å². The Morgan fingerprint density at radius 1 is 1.40 bits per heavy atom. The molecule has 1 aromatic rings. The van der Waals surface area contributed by atoms with Crippen LogP contribution >= 0.6 is 0 Å². The zero-order valence-corrected chi connectivity index (χ0v) is 8.23. The van der Waals surface area contributed by atoms with E-state index in [4.69, 9.17) is 5.11 Å². The number of fused-ring (bicyclic) bond motifs is 1. The van der Waals surface area contributed by atoms with Crippen LogP contribution in [0.3, 0.4) is 0 Å². The Morgan fingerprint density at radius 3 is 2.73 bits per heavy atom. The van der Waals surface area contributed by atoms with Crippen molar-refractivity contribution in [2.75, 3.05) is 0 Å². The van der Waals surface area contributed by atoms with Gasteiger partial charge in [-0.2, -0.15) is 0 Å². The second-order valence-corrected chi connectivity index (χ2v) is 3.48. The molecule has 0 bridgehead atoms. The fourth-order valence-corrected chi connectivity index (χ4v) is 1.60. The number of carboxylic acid groups (broad SMARTS) is 1. The third kappa shape index (κ3) is 1.68. The molecule has 78 valence electrons. The van der Waals surface area contributed by atoms with Gasteiger partial charge in [0, 0.05) is 13.5 Å². The van der Waals surface area contributed by atoms with E-state index in [1.165, 1.54) is 13.0 Å². The highest BCUT2D eigenvalue weighted by molar-refractivity contribution is 5.85. The lowest BCUT2D eigenvalue weighted by atomic mass is 10.2. The molecular weight excluding hydrogens is 196 g/mol. The molecule has 0 spiro atoms. The minimum absolute atomic E-state index is 0.0233. The van der Waals surface area contributed by atoms with E-state index in [0.29, 0.717) is 18.8 Å². The van der Waals surface area contributed by atoms with Crippen LogP contribution in [0.5, 0.6) is 0 Å². The van der Waals surface area contributed by atoms with Crippen LogP contribution in [-0.4, -0.2) is 26.9 Å². The molecule has 2 rings (SSSR count). The van der Waals surface area contributed by atoms with E-state index >= 15 is 0 Å². The molecule has 0 fully saturated rings. The standard InChI is InChI=1S/C10H10N2O3/c1-6(13)12-4-7-2-3-8(10(14)15)11-9(7)5-12/h2-3H,4-5H2,1H3,(H,14,15). The molecule has 0 saturated heterocycles. The van der Waals surface area contributed by atoms with Gasteiger partial charge >= 0.3 is 5.97 Å². The summed E-state index contributed by atoms with van der Waals surface area (Å²) in [6, 6.07) is 3.18. The lowest BCUT2D eigenvalue weighted by Gasteiger charge is -2.10. The SMILES string of the molecule is CC(=O)N1Cc2ccc(C(=O)O)nc2C1. The molecule has 1 aromatic heterocycles. The number of hydrogen-bond acceptors (Lipinski definition) is 3. The van der Waals surface area contributed by atoms with Crippen molar-refractivity contribution >= 4 is 11.9 Å². The van der Waals surface area contributed by atoms with Gasteiger partial charge in [0.05, 0.1) is 12.2 Å². The summed E-state index contributed by atoms with van der Waals surface area (Å²) in [4.78, 5) is 27.4. The summed E-state index contributed by atoms with van der Waals surface area (Å²) in [5.74, 6) is -1.07. The molecule has 1 N–H and O–H groups in total. The predicted molar refractivity (Wildman–Crippen MR) is 51.1 cm³/mol. The normalized spacial score (nSPS) is 13.8. The van der Waals surface area contributed by atoms with E-state index in [9.17, 15) is 9.59 Å². The van der Waals surface area contributed by atoms with Gasteiger partial charge in [0.1, 0.15) is 5.69 Å². The Bertz CT molecular complexity index is 442. The quantitative estimate of drug-likeness (QED) is 0.732. The number of rotatable bonds is 1. The van der Waals surface area contributed by atoms with E-state index in [1.807, 2.05) is 0 Å². The summed E-state index contributed by atoms with van der Waals surface area (Å²) in [7, 11) is 0. The molecule has 1 aliphatic heterocycles. The highest BCUT2D eigenvalue weighted by atomic mass is 16.4. The second kappa shape index (κ2) is 3.34. The highest BCUT2D eigenvalue weighted by Gasteiger charge is 2.23. The smallest absolute Gasteiger partial charge is 0.354 e. The Labute approximate surface area is 86.3 Å². The molecule has 2 heterocycles. The first-order valence-electron chi connectivity index (χ1n) is 4.55. The van der Waals surface area contributed by atoms with Crippen LogP contribution in [0, 0.1) is 0 Å². The summed E-state index contributed by atoms with van der Waals surface area (Å²) >= 11 is 0.